The number of carbonyl (C=O) groups excluding carboxylic acids is 1. The molecule has 6 nitrogen and oxygen atoms in total. The van der Waals surface area contributed by atoms with Crippen LogP contribution in [0.4, 0.5) is 5.82 Å². The maximum atomic E-state index is 11.8. The molecule has 0 aliphatic rings. The number of hydrogen-bond donors (Lipinski definition) is 4. The molecule has 0 aromatic carbocycles. The van der Waals surface area contributed by atoms with Crippen molar-refractivity contribution < 1.29 is 15.0 Å². The smallest absolute Gasteiger partial charge is 0.270 e. The zero-order chi connectivity index (χ0) is 14.3. The number of nitrogens with two attached hydrogens (primary N) is 1. The highest BCUT2D eigenvalue weighted by atomic mass is 16.3. The number of pyridine rings is 1. The number of anilines is 1. The van der Waals surface area contributed by atoms with Gasteiger partial charge in [0.05, 0.1) is 5.60 Å². The maximum absolute atomic E-state index is 11.8. The molecule has 1 heterocycles. The van der Waals surface area contributed by atoms with Crippen LogP contribution < -0.4 is 11.1 Å². The van der Waals surface area contributed by atoms with Crippen LogP contribution in [0.25, 0.3) is 0 Å². The Balaban J connectivity index is 2.57. The van der Waals surface area contributed by atoms with E-state index in [9.17, 15) is 9.90 Å². The summed E-state index contributed by atoms with van der Waals surface area (Å²) in [6, 6.07) is 4.81. The molecule has 1 amide bonds. The van der Waals surface area contributed by atoms with Gasteiger partial charge in [-0.2, -0.15) is 0 Å². The van der Waals surface area contributed by atoms with Crippen molar-refractivity contribution in [1.82, 2.24) is 10.3 Å². The number of aromatic nitrogens is 1. The molecule has 1 aromatic heterocycles. The number of nitrogens with one attached hydrogen (secondary N) is 1. The normalized spacial score (nSPS) is 13.8. The number of hydrogen-bond acceptors (Lipinski definition) is 5. The summed E-state index contributed by atoms with van der Waals surface area (Å²) in [7, 11) is 0. The van der Waals surface area contributed by atoms with Gasteiger partial charge in [0, 0.05) is 13.2 Å². The zero-order valence-electron chi connectivity index (χ0n) is 11.1. The highest BCUT2D eigenvalue weighted by molar-refractivity contribution is 5.92. The van der Waals surface area contributed by atoms with Crippen molar-refractivity contribution in [2.24, 2.45) is 0 Å². The second-order valence-electron chi connectivity index (χ2n) is 4.54. The first-order valence-electron chi connectivity index (χ1n) is 6.35. The lowest BCUT2D eigenvalue weighted by atomic mass is 9.94. The minimum absolute atomic E-state index is 0.0209. The van der Waals surface area contributed by atoms with Crippen molar-refractivity contribution in [3.05, 3.63) is 23.9 Å². The SMILES string of the molecule is CCC(O)(CCCO)CNC(=O)c1cccc(N)n1. The Morgan fingerprint density at radius 2 is 2.26 bits per heavy atom. The van der Waals surface area contributed by atoms with E-state index in [1.54, 1.807) is 18.2 Å². The third kappa shape index (κ3) is 4.84. The van der Waals surface area contributed by atoms with Crippen molar-refractivity contribution in [3.63, 3.8) is 0 Å². The van der Waals surface area contributed by atoms with Crippen LogP contribution in [0, 0.1) is 0 Å². The summed E-state index contributed by atoms with van der Waals surface area (Å²) in [5, 5.41) is 21.7. The monoisotopic (exact) mass is 267 g/mol. The van der Waals surface area contributed by atoms with Crippen LogP contribution in [-0.2, 0) is 0 Å². The number of nitrogen functional groups attached to an aromatic ring is 1. The molecule has 106 valence electrons. The van der Waals surface area contributed by atoms with E-state index in [2.05, 4.69) is 10.3 Å². The Morgan fingerprint density at radius 3 is 2.84 bits per heavy atom. The average Bonchev–Trinajstić information content (AvgIpc) is 2.42. The van der Waals surface area contributed by atoms with E-state index in [0.717, 1.165) is 0 Å². The Hall–Kier alpha value is -1.66. The average molecular weight is 267 g/mol. The second kappa shape index (κ2) is 7.06. The first-order valence-corrected chi connectivity index (χ1v) is 6.35. The van der Waals surface area contributed by atoms with Gasteiger partial charge < -0.3 is 21.3 Å². The third-order valence-electron chi connectivity index (χ3n) is 3.04. The summed E-state index contributed by atoms with van der Waals surface area (Å²) in [6.45, 7) is 1.98. The lowest BCUT2D eigenvalue weighted by Crippen LogP contribution is -2.42. The molecule has 1 aromatic rings. The van der Waals surface area contributed by atoms with Crippen molar-refractivity contribution in [3.8, 4) is 0 Å². The van der Waals surface area contributed by atoms with Crippen molar-refractivity contribution in [2.75, 3.05) is 18.9 Å². The molecule has 0 bridgehead atoms. The fourth-order valence-corrected chi connectivity index (χ4v) is 1.71. The van der Waals surface area contributed by atoms with Crippen LogP contribution in [-0.4, -0.2) is 39.9 Å². The van der Waals surface area contributed by atoms with Gasteiger partial charge in [-0.1, -0.05) is 13.0 Å². The van der Waals surface area contributed by atoms with Crippen molar-refractivity contribution in [2.45, 2.75) is 31.8 Å². The Bertz CT molecular complexity index is 425. The number of aliphatic hydroxyl groups excluding tert-OH is 1. The van der Waals surface area contributed by atoms with E-state index >= 15 is 0 Å². The molecule has 0 aliphatic carbocycles. The molecule has 0 fully saturated rings. The van der Waals surface area contributed by atoms with Crippen LogP contribution in [0.2, 0.25) is 0 Å². The summed E-state index contributed by atoms with van der Waals surface area (Å²) in [5.74, 6) is -0.0955. The quantitative estimate of drug-likeness (QED) is 0.568. The van der Waals surface area contributed by atoms with Gasteiger partial charge >= 0.3 is 0 Å². The van der Waals surface area contributed by atoms with E-state index in [0.29, 0.717) is 19.3 Å². The summed E-state index contributed by atoms with van der Waals surface area (Å²) >= 11 is 0. The van der Waals surface area contributed by atoms with Crippen LogP contribution in [0.1, 0.15) is 36.7 Å². The van der Waals surface area contributed by atoms with Gasteiger partial charge in [0.1, 0.15) is 11.5 Å². The van der Waals surface area contributed by atoms with E-state index < -0.39 is 5.60 Å². The Kier molecular flexibility index (Phi) is 5.72. The molecule has 6 heteroatoms. The van der Waals surface area contributed by atoms with Gasteiger partial charge in [-0.25, -0.2) is 4.98 Å². The van der Waals surface area contributed by atoms with Gasteiger partial charge in [0.25, 0.3) is 5.91 Å². The summed E-state index contributed by atoms with van der Waals surface area (Å²) in [6.07, 6.45) is 1.43. The molecular formula is C13H21N3O3. The van der Waals surface area contributed by atoms with Gasteiger partial charge in [0.15, 0.2) is 0 Å². The van der Waals surface area contributed by atoms with Gasteiger partial charge in [-0.05, 0) is 31.4 Å². The molecule has 1 atom stereocenters. The van der Waals surface area contributed by atoms with E-state index in [1.165, 1.54) is 0 Å². The third-order valence-corrected chi connectivity index (χ3v) is 3.04. The predicted molar refractivity (Wildman–Crippen MR) is 72.5 cm³/mol. The van der Waals surface area contributed by atoms with Crippen molar-refractivity contribution in [1.29, 1.82) is 0 Å². The Labute approximate surface area is 112 Å². The maximum Gasteiger partial charge on any atom is 0.270 e. The topological polar surface area (TPSA) is 108 Å². The molecule has 0 spiro atoms. The lowest BCUT2D eigenvalue weighted by molar-refractivity contribution is 0.0212. The van der Waals surface area contributed by atoms with Crippen LogP contribution in [0.15, 0.2) is 18.2 Å². The standard InChI is InChI=1S/C13H21N3O3/c1-2-13(19,7-4-8-17)9-15-12(18)10-5-3-6-11(14)16-10/h3,5-6,17,19H,2,4,7-9H2,1H3,(H2,14,16)(H,15,18). The van der Waals surface area contributed by atoms with Gasteiger partial charge in [-0.15, -0.1) is 0 Å². The molecule has 1 unspecified atom stereocenters. The molecule has 19 heavy (non-hydrogen) atoms. The van der Waals surface area contributed by atoms with Crippen LogP contribution in [0.3, 0.4) is 0 Å². The molecule has 0 radical (unpaired) electrons. The van der Waals surface area contributed by atoms with Gasteiger partial charge in [0.2, 0.25) is 0 Å². The predicted octanol–water partition coefficient (Wildman–Crippen LogP) is 0.307. The van der Waals surface area contributed by atoms with Crippen LogP contribution >= 0.6 is 0 Å². The fraction of sp³-hybridized carbons (Fsp3) is 0.538. The number of rotatable bonds is 7. The number of carbonyl (C=O) groups is 1. The summed E-state index contributed by atoms with van der Waals surface area (Å²) in [5.41, 5.74) is 4.72. The molecule has 0 saturated heterocycles. The molecular weight excluding hydrogens is 246 g/mol. The first kappa shape index (κ1) is 15.4. The van der Waals surface area contributed by atoms with Gasteiger partial charge in [-0.3, -0.25) is 4.79 Å². The largest absolute Gasteiger partial charge is 0.396 e. The number of amides is 1. The van der Waals surface area contributed by atoms with Crippen LogP contribution in [0.5, 0.6) is 0 Å². The second-order valence-corrected chi connectivity index (χ2v) is 4.54. The highest BCUT2D eigenvalue weighted by Gasteiger charge is 2.25. The molecule has 0 saturated carbocycles. The van der Waals surface area contributed by atoms with E-state index in [-0.39, 0.29) is 30.6 Å². The molecule has 1 rings (SSSR count). The highest BCUT2D eigenvalue weighted by Crippen LogP contribution is 2.16. The fourth-order valence-electron chi connectivity index (χ4n) is 1.71. The molecule has 5 N–H and O–H groups in total. The summed E-state index contributed by atoms with van der Waals surface area (Å²) < 4.78 is 0. The minimum Gasteiger partial charge on any atom is -0.396 e. The van der Waals surface area contributed by atoms with E-state index in [4.69, 9.17) is 10.8 Å². The zero-order valence-corrected chi connectivity index (χ0v) is 11.1. The number of nitrogens with zero attached hydrogens (tertiary/aromatic N) is 1. The minimum atomic E-state index is -1.00. The lowest BCUT2D eigenvalue weighted by Gasteiger charge is -2.26. The first-order chi connectivity index (χ1) is 9.00. The number of aliphatic hydroxyl groups is 2. The molecule has 0 aliphatic heterocycles. The Morgan fingerprint density at radius 1 is 1.53 bits per heavy atom. The van der Waals surface area contributed by atoms with E-state index in [1.807, 2.05) is 6.92 Å². The summed E-state index contributed by atoms with van der Waals surface area (Å²) in [4.78, 5) is 15.7. The van der Waals surface area contributed by atoms with Crippen molar-refractivity contribution >= 4 is 11.7 Å².